The minimum atomic E-state index is -0.427. The molecule has 0 aliphatic heterocycles. The molecule has 2 aromatic carbocycles. The zero-order chi connectivity index (χ0) is 14.7. The van der Waals surface area contributed by atoms with Gasteiger partial charge in [-0.1, -0.05) is 29.8 Å². The lowest BCUT2D eigenvalue weighted by Crippen LogP contribution is -2.28. The number of carbonyl (C=O) groups is 1. The smallest absolute Gasteiger partial charge is 0.253 e. The molecular weight excluding hydrogens is 255 g/mol. The Morgan fingerprint density at radius 2 is 1.95 bits per heavy atom. The van der Waals surface area contributed by atoms with Crippen LogP contribution in [0.3, 0.4) is 0 Å². The van der Waals surface area contributed by atoms with Crippen molar-refractivity contribution in [2.45, 2.75) is 19.9 Å². The molecule has 1 unspecified atom stereocenters. The quantitative estimate of drug-likeness (QED) is 0.843. The molecule has 0 aliphatic rings. The van der Waals surface area contributed by atoms with E-state index in [0.29, 0.717) is 16.8 Å². The molecule has 0 spiro atoms. The van der Waals surface area contributed by atoms with Crippen molar-refractivity contribution in [3.05, 3.63) is 65.0 Å². The largest absolute Gasteiger partial charge is 0.398 e. The summed E-state index contributed by atoms with van der Waals surface area (Å²) < 4.78 is 13.7. The molecule has 0 aliphatic carbocycles. The van der Waals surface area contributed by atoms with Crippen LogP contribution in [0.5, 0.6) is 0 Å². The fraction of sp³-hybridized carbons (Fsp3) is 0.188. The number of hydrogen-bond acceptors (Lipinski definition) is 2. The summed E-state index contributed by atoms with van der Waals surface area (Å²) in [6.07, 6.45) is 0. The first-order valence-electron chi connectivity index (χ1n) is 6.40. The third-order valence-electron chi connectivity index (χ3n) is 3.17. The highest BCUT2D eigenvalue weighted by Gasteiger charge is 2.16. The normalized spacial score (nSPS) is 11.9. The van der Waals surface area contributed by atoms with E-state index in [2.05, 4.69) is 5.32 Å². The predicted molar refractivity (Wildman–Crippen MR) is 77.9 cm³/mol. The number of nitrogen functional groups attached to an aromatic ring is 1. The average molecular weight is 272 g/mol. The molecule has 2 rings (SSSR count). The minimum Gasteiger partial charge on any atom is -0.398 e. The van der Waals surface area contributed by atoms with Crippen LogP contribution in [0.25, 0.3) is 0 Å². The van der Waals surface area contributed by atoms with Crippen LogP contribution in [0.1, 0.15) is 34.5 Å². The summed E-state index contributed by atoms with van der Waals surface area (Å²) in [6.45, 7) is 3.62. The first kappa shape index (κ1) is 14.1. The molecule has 3 N–H and O–H groups in total. The Morgan fingerprint density at radius 3 is 2.65 bits per heavy atom. The Kier molecular flexibility index (Phi) is 4.03. The van der Waals surface area contributed by atoms with Gasteiger partial charge in [-0.05, 0) is 32.0 Å². The molecule has 0 radical (unpaired) electrons. The van der Waals surface area contributed by atoms with Crippen molar-refractivity contribution >= 4 is 11.6 Å². The van der Waals surface area contributed by atoms with Gasteiger partial charge in [0.05, 0.1) is 11.6 Å². The monoisotopic (exact) mass is 272 g/mol. The maximum atomic E-state index is 13.7. The lowest BCUT2D eigenvalue weighted by atomic mass is 10.1. The van der Waals surface area contributed by atoms with Crippen LogP contribution >= 0.6 is 0 Å². The number of halogens is 1. The van der Waals surface area contributed by atoms with E-state index < -0.39 is 6.04 Å². The number of nitrogens with one attached hydrogen (secondary N) is 1. The van der Waals surface area contributed by atoms with E-state index >= 15 is 0 Å². The highest BCUT2D eigenvalue weighted by molar-refractivity contribution is 5.99. The van der Waals surface area contributed by atoms with Gasteiger partial charge in [0.25, 0.3) is 5.91 Å². The molecule has 0 aromatic heterocycles. The molecule has 4 heteroatoms. The molecule has 0 saturated carbocycles. The molecule has 1 atom stereocenters. The molecule has 3 nitrogen and oxygen atoms in total. The molecule has 2 aromatic rings. The summed E-state index contributed by atoms with van der Waals surface area (Å²) in [5.74, 6) is -0.639. The van der Waals surface area contributed by atoms with Crippen LogP contribution in [0.2, 0.25) is 0 Å². The summed E-state index contributed by atoms with van der Waals surface area (Å²) in [6, 6.07) is 11.2. The predicted octanol–water partition coefficient (Wildman–Crippen LogP) is 3.21. The molecule has 0 bridgehead atoms. The maximum Gasteiger partial charge on any atom is 0.253 e. The Bertz CT molecular complexity index is 640. The van der Waals surface area contributed by atoms with Crippen LogP contribution in [0.15, 0.2) is 42.5 Å². The number of rotatable bonds is 3. The minimum absolute atomic E-state index is 0.304. The molecule has 1 amide bonds. The topological polar surface area (TPSA) is 55.1 Å². The van der Waals surface area contributed by atoms with Gasteiger partial charge in [0.15, 0.2) is 0 Å². The van der Waals surface area contributed by atoms with Gasteiger partial charge < -0.3 is 11.1 Å². The van der Waals surface area contributed by atoms with Crippen molar-refractivity contribution in [3.8, 4) is 0 Å². The van der Waals surface area contributed by atoms with Crippen LogP contribution in [0, 0.1) is 12.7 Å². The van der Waals surface area contributed by atoms with E-state index in [1.807, 2.05) is 13.0 Å². The van der Waals surface area contributed by atoms with Gasteiger partial charge in [-0.2, -0.15) is 0 Å². The van der Waals surface area contributed by atoms with Crippen LogP contribution in [0.4, 0.5) is 10.1 Å². The van der Waals surface area contributed by atoms with E-state index in [0.717, 1.165) is 5.56 Å². The average Bonchev–Trinajstić information content (AvgIpc) is 2.41. The van der Waals surface area contributed by atoms with Gasteiger partial charge in [-0.3, -0.25) is 4.79 Å². The molecule has 0 heterocycles. The van der Waals surface area contributed by atoms with Gasteiger partial charge in [0.2, 0.25) is 0 Å². The Balaban J connectivity index is 2.20. The standard InChI is InChI=1S/C16H17FN2O/c1-10-7-8-15(18)13(9-10)16(20)19-11(2)12-5-3-4-6-14(12)17/h3-9,11H,18H2,1-2H3,(H,19,20). The summed E-state index contributed by atoms with van der Waals surface area (Å²) >= 11 is 0. The number of nitrogens with two attached hydrogens (primary N) is 1. The van der Waals surface area contributed by atoms with Crippen molar-refractivity contribution in [1.29, 1.82) is 0 Å². The van der Waals surface area contributed by atoms with E-state index in [9.17, 15) is 9.18 Å². The van der Waals surface area contributed by atoms with Crippen LogP contribution in [-0.2, 0) is 0 Å². The summed E-state index contributed by atoms with van der Waals surface area (Å²) in [7, 11) is 0. The number of aryl methyl sites for hydroxylation is 1. The second-order valence-electron chi connectivity index (χ2n) is 4.81. The zero-order valence-electron chi connectivity index (χ0n) is 11.5. The lowest BCUT2D eigenvalue weighted by Gasteiger charge is -2.16. The maximum absolute atomic E-state index is 13.7. The van der Waals surface area contributed by atoms with Crippen molar-refractivity contribution < 1.29 is 9.18 Å². The van der Waals surface area contributed by atoms with E-state index in [1.54, 1.807) is 37.3 Å². The molecule has 104 valence electrons. The van der Waals surface area contributed by atoms with Crippen LogP contribution in [-0.4, -0.2) is 5.91 Å². The van der Waals surface area contributed by atoms with Gasteiger partial charge >= 0.3 is 0 Å². The van der Waals surface area contributed by atoms with Crippen molar-refractivity contribution in [2.24, 2.45) is 0 Å². The number of hydrogen-bond donors (Lipinski definition) is 2. The fourth-order valence-corrected chi connectivity index (χ4v) is 2.05. The number of amides is 1. The summed E-state index contributed by atoms with van der Waals surface area (Å²) in [5, 5.41) is 2.76. The van der Waals surface area contributed by atoms with Crippen molar-refractivity contribution in [2.75, 3.05) is 5.73 Å². The van der Waals surface area contributed by atoms with Gasteiger partial charge in [0, 0.05) is 11.3 Å². The molecule has 0 fully saturated rings. The molecular formula is C16H17FN2O. The molecule has 0 saturated heterocycles. The highest BCUT2D eigenvalue weighted by Crippen LogP contribution is 2.19. The first-order chi connectivity index (χ1) is 9.49. The van der Waals surface area contributed by atoms with Crippen molar-refractivity contribution in [1.82, 2.24) is 5.32 Å². The fourth-order valence-electron chi connectivity index (χ4n) is 2.05. The second kappa shape index (κ2) is 5.74. The number of carbonyl (C=O) groups excluding carboxylic acids is 1. The first-order valence-corrected chi connectivity index (χ1v) is 6.40. The highest BCUT2D eigenvalue weighted by atomic mass is 19.1. The van der Waals surface area contributed by atoms with Gasteiger partial charge in [-0.25, -0.2) is 4.39 Å². The Hall–Kier alpha value is -2.36. The van der Waals surface area contributed by atoms with Gasteiger partial charge in [0.1, 0.15) is 5.82 Å². The lowest BCUT2D eigenvalue weighted by molar-refractivity contribution is 0.0940. The zero-order valence-corrected chi connectivity index (χ0v) is 11.5. The number of anilines is 1. The van der Waals surface area contributed by atoms with Gasteiger partial charge in [-0.15, -0.1) is 0 Å². The summed E-state index contributed by atoms with van der Waals surface area (Å²) in [5.41, 5.74) is 8.02. The van der Waals surface area contributed by atoms with E-state index in [-0.39, 0.29) is 11.7 Å². The summed E-state index contributed by atoms with van der Waals surface area (Å²) in [4.78, 5) is 12.2. The van der Waals surface area contributed by atoms with E-state index in [4.69, 9.17) is 5.73 Å². The van der Waals surface area contributed by atoms with E-state index in [1.165, 1.54) is 6.07 Å². The Morgan fingerprint density at radius 1 is 1.25 bits per heavy atom. The third-order valence-corrected chi connectivity index (χ3v) is 3.17. The molecule has 20 heavy (non-hydrogen) atoms. The van der Waals surface area contributed by atoms with Crippen LogP contribution < -0.4 is 11.1 Å². The number of benzene rings is 2. The SMILES string of the molecule is Cc1ccc(N)c(C(=O)NC(C)c2ccccc2F)c1. The second-order valence-corrected chi connectivity index (χ2v) is 4.81. The third kappa shape index (κ3) is 2.96. The van der Waals surface area contributed by atoms with Crippen molar-refractivity contribution in [3.63, 3.8) is 0 Å². The Labute approximate surface area is 117 Å².